The summed E-state index contributed by atoms with van der Waals surface area (Å²) in [6.45, 7) is 10.2. The molecule has 0 aliphatic carbocycles. The largest absolute Gasteiger partial charge is 0.103 e. The van der Waals surface area contributed by atoms with E-state index < -0.39 is 0 Å². The zero-order valence-corrected chi connectivity index (χ0v) is 18.8. The standard InChI is InChI=1S/C27H50/c1-4-7-10-12-13-14-15-16-17-18-19-21-23-26-27(24-9-6-3)25-22-20-11-8-5-2/h27H,1-2,4-20,22,24-26H2,3H3. The van der Waals surface area contributed by atoms with Crippen LogP contribution in [0.2, 0.25) is 0 Å². The van der Waals surface area contributed by atoms with Crippen LogP contribution in [0.4, 0.5) is 0 Å². The molecule has 0 saturated heterocycles. The second kappa shape index (κ2) is 23.6. The smallest absolute Gasteiger partial charge is 0.0117 e. The average Bonchev–Trinajstić information content (AvgIpc) is 2.68. The third-order valence-electron chi connectivity index (χ3n) is 5.65. The quantitative estimate of drug-likeness (QED) is 0.147. The van der Waals surface area contributed by atoms with Gasteiger partial charge in [-0.05, 0) is 25.2 Å². The molecule has 27 heavy (non-hydrogen) atoms. The minimum atomic E-state index is 0.848. The van der Waals surface area contributed by atoms with Crippen molar-refractivity contribution in [3.63, 3.8) is 0 Å². The maximum Gasteiger partial charge on any atom is 0.0117 e. The molecule has 0 saturated carbocycles. The molecule has 0 aromatic carbocycles. The van der Waals surface area contributed by atoms with Crippen molar-refractivity contribution in [1.82, 2.24) is 0 Å². The van der Waals surface area contributed by atoms with Crippen LogP contribution in [0.1, 0.15) is 142 Å². The maximum atomic E-state index is 3.94. The lowest BCUT2D eigenvalue weighted by Gasteiger charge is -2.13. The van der Waals surface area contributed by atoms with E-state index in [0.29, 0.717) is 0 Å². The van der Waals surface area contributed by atoms with Gasteiger partial charge in [0.05, 0.1) is 0 Å². The van der Waals surface area contributed by atoms with E-state index in [1.807, 2.05) is 0 Å². The fraction of sp³-hybridized carbons (Fsp3) is 0.852. The van der Waals surface area contributed by atoms with Crippen LogP contribution in [0.15, 0.2) is 0 Å². The highest BCUT2D eigenvalue weighted by Crippen LogP contribution is 2.20. The molecule has 0 aromatic heterocycles. The van der Waals surface area contributed by atoms with E-state index >= 15 is 0 Å². The van der Waals surface area contributed by atoms with Gasteiger partial charge in [-0.3, -0.25) is 0 Å². The molecule has 158 valence electrons. The fourth-order valence-corrected chi connectivity index (χ4v) is 3.74. The first-order valence-electron chi connectivity index (χ1n) is 12.4. The summed E-state index contributed by atoms with van der Waals surface area (Å²) >= 11 is 0. The number of unbranched alkanes of at least 4 members (excludes halogenated alkanes) is 15. The molecule has 0 amide bonds. The van der Waals surface area contributed by atoms with Crippen LogP contribution in [0.5, 0.6) is 0 Å². The van der Waals surface area contributed by atoms with E-state index in [9.17, 15) is 0 Å². The van der Waals surface area contributed by atoms with Crippen molar-refractivity contribution in [3.8, 4) is 11.8 Å². The topological polar surface area (TPSA) is 0 Å². The summed E-state index contributed by atoms with van der Waals surface area (Å²) in [7, 11) is 0. The van der Waals surface area contributed by atoms with Crippen LogP contribution >= 0.6 is 0 Å². The zero-order chi connectivity index (χ0) is 19.8. The Bertz CT molecular complexity index is 319. The molecule has 1 unspecified atom stereocenters. The summed E-state index contributed by atoms with van der Waals surface area (Å²) in [5.41, 5.74) is 0. The minimum Gasteiger partial charge on any atom is -0.103 e. The lowest BCUT2D eigenvalue weighted by Crippen LogP contribution is -1.99. The first-order valence-corrected chi connectivity index (χ1v) is 12.4. The van der Waals surface area contributed by atoms with Crippen LogP contribution in [0.3, 0.4) is 0 Å². The maximum absolute atomic E-state index is 3.94. The Labute approximate surface area is 173 Å². The molecular weight excluding hydrogens is 324 g/mol. The van der Waals surface area contributed by atoms with Crippen molar-refractivity contribution in [2.45, 2.75) is 142 Å². The van der Waals surface area contributed by atoms with Gasteiger partial charge in [-0.2, -0.15) is 0 Å². The molecule has 0 heteroatoms. The molecule has 0 N–H and O–H groups in total. The van der Waals surface area contributed by atoms with Gasteiger partial charge in [-0.15, -0.1) is 11.8 Å². The van der Waals surface area contributed by atoms with Crippen molar-refractivity contribution >= 4 is 0 Å². The van der Waals surface area contributed by atoms with Gasteiger partial charge in [0.15, 0.2) is 0 Å². The van der Waals surface area contributed by atoms with Crippen LogP contribution in [-0.4, -0.2) is 0 Å². The first kappa shape index (κ1) is 26.6. The second-order valence-corrected chi connectivity index (χ2v) is 8.41. The molecule has 2 radical (unpaired) electrons. The fourth-order valence-electron chi connectivity index (χ4n) is 3.74. The zero-order valence-electron chi connectivity index (χ0n) is 18.8. The second-order valence-electron chi connectivity index (χ2n) is 8.41. The van der Waals surface area contributed by atoms with E-state index in [4.69, 9.17) is 0 Å². The summed E-state index contributed by atoms with van der Waals surface area (Å²) in [6.07, 6.45) is 27.9. The van der Waals surface area contributed by atoms with Gasteiger partial charge in [0.2, 0.25) is 0 Å². The first-order chi connectivity index (χ1) is 13.3. The molecule has 0 aromatic rings. The molecule has 0 bridgehead atoms. The summed E-state index contributed by atoms with van der Waals surface area (Å²) in [5.74, 6) is 7.82. The van der Waals surface area contributed by atoms with Crippen molar-refractivity contribution < 1.29 is 0 Å². The molecule has 0 heterocycles. The summed E-state index contributed by atoms with van der Waals surface area (Å²) in [6, 6.07) is 0. The highest BCUT2D eigenvalue weighted by molar-refractivity contribution is 4.99. The molecule has 0 aliphatic rings. The third-order valence-corrected chi connectivity index (χ3v) is 5.65. The lowest BCUT2D eigenvalue weighted by molar-refractivity contribution is 0.419. The monoisotopic (exact) mass is 374 g/mol. The Balaban J connectivity index is 3.60. The highest BCUT2D eigenvalue weighted by Gasteiger charge is 2.06. The van der Waals surface area contributed by atoms with Crippen molar-refractivity contribution in [2.24, 2.45) is 5.92 Å². The molecule has 0 fully saturated rings. The van der Waals surface area contributed by atoms with Gasteiger partial charge in [0, 0.05) is 12.8 Å². The number of hydrogen-bond acceptors (Lipinski definition) is 0. The highest BCUT2D eigenvalue weighted by atomic mass is 14.1. The van der Waals surface area contributed by atoms with Crippen molar-refractivity contribution in [1.29, 1.82) is 0 Å². The molecular formula is C27H50. The third kappa shape index (κ3) is 21.7. The Morgan fingerprint density at radius 2 is 1.04 bits per heavy atom. The Morgan fingerprint density at radius 3 is 1.59 bits per heavy atom. The van der Waals surface area contributed by atoms with E-state index in [-0.39, 0.29) is 0 Å². The number of rotatable bonds is 20. The van der Waals surface area contributed by atoms with E-state index in [1.165, 1.54) is 109 Å². The van der Waals surface area contributed by atoms with Crippen LogP contribution in [0.25, 0.3) is 0 Å². The van der Waals surface area contributed by atoms with Gasteiger partial charge in [-0.1, -0.05) is 124 Å². The van der Waals surface area contributed by atoms with Gasteiger partial charge >= 0.3 is 0 Å². The van der Waals surface area contributed by atoms with E-state index in [2.05, 4.69) is 32.6 Å². The Hall–Kier alpha value is -0.440. The van der Waals surface area contributed by atoms with Crippen LogP contribution in [-0.2, 0) is 0 Å². The number of hydrogen-bond donors (Lipinski definition) is 0. The summed E-state index contributed by atoms with van der Waals surface area (Å²) in [4.78, 5) is 0. The van der Waals surface area contributed by atoms with Gasteiger partial charge in [0.25, 0.3) is 0 Å². The Kier molecular flexibility index (Phi) is 23.2. The summed E-state index contributed by atoms with van der Waals surface area (Å²) in [5, 5.41) is 0. The molecule has 0 nitrogen and oxygen atoms in total. The normalized spacial score (nSPS) is 12.0. The molecule has 0 spiro atoms. The predicted octanol–water partition coefficient (Wildman–Crippen LogP) is 9.49. The molecule has 0 rings (SSSR count). The Morgan fingerprint density at radius 1 is 0.556 bits per heavy atom. The van der Waals surface area contributed by atoms with Crippen molar-refractivity contribution in [2.75, 3.05) is 0 Å². The predicted molar refractivity (Wildman–Crippen MR) is 125 cm³/mol. The molecule has 0 aliphatic heterocycles. The molecule has 1 atom stereocenters. The van der Waals surface area contributed by atoms with E-state index in [1.54, 1.807) is 0 Å². The van der Waals surface area contributed by atoms with Gasteiger partial charge in [-0.25, -0.2) is 0 Å². The van der Waals surface area contributed by atoms with Crippen LogP contribution in [0, 0.1) is 31.6 Å². The average molecular weight is 375 g/mol. The van der Waals surface area contributed by atoms with Gasteiger partial charge in [0.1, 0.15) is 0 Å². The lowest BCUT2D eigenvalue weighted by atomic mass is 9.92. The van der Waals surface area contributed by atoms with E-state index in [0.717, 1.165) is 31.6 Å². The van der Waals surface area contributed by atoms with Crippen LogP contribution < -0.4 is 0 Å². The summed E-state index contributed by atoms with van der Waals surface area (Å²) < 4.78 is 0. The van der Waals surface area contributed by atoms with Gasteiger partial charge < -0.3 is 0 Å². The SMILES string of the molecule is [CH2]CCCCCCCCCCCC#CCC(CCCC)CCCCCC[CH2]. The van der Waals surface area contributed by atoms with Crippen molar-refractivity contribution in [3.05, 3.63) is 13.8 Å². The minimum absolute atomic E-state index is 0.848.